The molecule has 1 aliphatic carbocycles. The molecule has 1 heterocycles. The van der Waals surface area contributed by atoms with Crippen LogP contribution in [-0.4, -0.2) is 16.6 Å². The van der Waals surface area contributed by atoms with E-state index in [0.29, 0.717) is 0 Å². The lowest BCUT2D eigenvalue weighted by Crippen LogP contribution is -2.15. The van der Waals surface area contributed by atoms with Crippen LogP contribution in [0.4, 0.5) is 0 Å². The highest BCUT2D eigenvalue weighted by Gasteiger charge is 2.21. The minimum absolute atomic E-state index is 0.753. The Bertz CT molecular complexity index is 885. The summed E-state index contributed by atoms with van der Waals surface area (Å²) in [4.78, 5) is 9.19. The van der Waals surface area contributed by atoms with E-state index in [2.05, 4.69) is 48.9 Å². The number of benzene rings is 1. The highest BCUT2D eigenvalue weighted by Crippen LogP contribution is 2.35. The Morgan fingerprint density at radius 2 is 1.26 bits per heavy atom. The molecular weight excluding hydrogens is 476 g/mol. The average Bonchev–Trinajstić information content (AvgIpc) is 2.96. The van der Waals surface area contributed by atoms with Crippen molar-refractivity contribution in [1.29, 1.82) is 0 Å². The molecule has 0 N–H and O–H groups in total. The van der Waals surface area contributed by atoms with E-state index in [4.69, 9.17) is 4.74 Å². The van der Waals surface area contributed by atoms with Crippen LogP contribution in [0.25, 0.3) is 11.4 Å². The quantitative estimate of drug-likeness (QED) is 0.158. The summed E-state index contributed by atoms with van der Waals surface area (Å²) in [5.41, 5.74) is 3.96. The van der Waals surface area contributed by atoms with E-state index >= 15 is 0 Å². The van der Waals surface area contributed by atoms with E-state index < -0.39 is 0 Å². The Kier molecular flexibility index (Phi) is 15.6. The normalized spacial score (nSPS) is 17.4. The van der Waals surface area contributed by atoms with Gasteiger partial charge in [0.1, 0.15) is 0 Å². The summed E-state index contributed by atoms with van der Waals surface area (Å²) in [5.74, 6) is 3.49. The van der Waals surface area contributed by atoms with Gasteiger partial charge in [-0.15, -0.1) is 0 Å². The van der Waals surface area contributed by atoms with Gasteiger partial charge in [0.15, 0.2) is 11.6 Å². The maximum absolute atomic E-state index is 5.86. The van der Waals surface area contributed by atoms with Crippen LogP contribution < -0.4 is 4.74 Å². The van der Waals surface area contributed by atoms with Gasteiger partial charge >= 0.3 is 0 Å². The lowest BCUT2D eigenvalue weighted by atomic mass is 9.77. The largest absolute Gasteiger partial charge is 0.490 e. The van der Waals surface area contributed by atoms with Gasteiger partial charge in [-0.1, -0.05) is 135 Å². The van der Waals surface area contributed by atoms with E-state index in [0.717, 1.165) is 42.0 Å². The molecule has 1 aromatic carbocycles. The van der Waals surface area contributed by atoms with Gasteiger partial charge in [-0.3, -0.25) is 0 Å². The molecule has 0 radical (unpaired) electrons. The van der Waals surface area contributed by atoms with Crippen molar-refractivity contribution in [3.05, 3.63) is 41.7 Å². The molecule has 1 saturated carbocycles. The second-order valence-corrected chi connectivity index (χ2v) is 12.3. The van der Waals surface area contributed by atoms with Gasteiger partial charge in [-0.25, -0.2) is 9.97 Å². The Morgan fingerprint density at radius 1 is 0.692 bits per heavy atom. The molecule has 218 valence electrons. The van der Waals surface area contributed by atoms with Gasteiger partial charge in [0.2, 0.25) is 0 Å². The van der Waals surface area contributed by atoms with Gasteiger partial charge in [0, 0.05) is 5.56 Å². The van der Waals surface area contributed by atoms with Crippen LogP contribution in [0, 0.1) is 18.8 Å². The Hall–Kier alpha value is -1.90. The van der Waals surface area contributed by atoms with Crippen LogP contribution in [0.2, 0.25) is 0 Å². The van der Waals surface area contributed by atoms with Crippen molar-refractivity contribution >= 4 is 0 Å². The smallest absolute Gasteiger partial charge is 0.159 e. The van der Waals surface area contributed by atoms with Crippen molar-refractivity contribution in [1.82, 2.24) is 9.97 Å². The summed E-state index contributed by atoms with van der Waals surface area (Å²) in [7, 11) is 0. The number of nitrogens with zero attached hydrogens (tertiary/aromatic N) is 2. The van der Waals surface area contributed by atoms with Crippen LogP contribution in [-0.2, 0) is 6.42 Å². The van der Waals surface area contributed by atoms with E-state index in [1.54, 1.807) is 0 Å². The number of aryl methyl sites for hydroxylation is 2. The van der Waals surface area contributed by atoms with Gasteiger partial charge in [-0.05, 0) is 55.2 Å². The Labute approximate surface area is 241 Å². The van der Waals surface area contributed by atoms with Crippen LogP contribution in [0.5, 0.6) is 5.75 Å². The lowest BCUT2D eigenvalue weighted by molar-refractivity contribution is 0.248. The molecule has 3 nitrogen and oxygen atoms in total. The fraction of sp³-hybridized carbons (Fsp3) is 0.722. The fourth-order valence-corrected chi connectivity index (χ4v) is 6.29. The van der Waals surface area contributed by atoms with E-state index in [1.807, 2.05) is 12.4 Å². The topological polar surface area (TPSA) is 35.0 Å². The standard InChI is InChI=1S/C36H58N2O/c1-4-6-8-10-12-13-15-17-31-18-20-32(21-19-31)22-23-33-24-25-34(27-30(33)3)36-37-28-35(29-38-36)39-26-16-14-11-9-7-5-2/h24-25,27-29,31-32H,4-23,26H2,1-3H3/t31-,32-. The molecule has 0 aliphatic heterocycles. The average molecular weight is 535 g/mol. The van der Waals surface area contributed by atoms with Crippen molar-refractivity contribution < 1.29 is 4.74 Å². The number of ether oxygens (including phenoxy) is 1. The third-order valence-corrected chi connectivity index (χ3v) is 9.00. The maximum Gasteiger partial charge on any atom is 0.159 e. The summed E-state index contributed by atoms with van der Waals surface area (Å²) in [6, 6.07) is 6.78. The summed E-state index contributed by atoms with van der Waals surface area (Å²) < 4.78 is 5.86. The maximum atomic E-state index is 5.86. The van der Waals surface area contributed by atoms with Crippen molar-refractivity contribution in [3.63, 3.8) is 0 Å². The van der Waals surface area contributed by atoms with Crippen molar-refractivity contribution in [3.8, 4) is 17.1 Å². The summed E-state index contributed by atoms with van der Waals surface area (Å²) in [5, 5.41) is 0. The molecule has 2 aromatic rings. The Balaban J connectivity index is 1.32. The zero-order valence-electron chi connectivity index (χ0n) is 25.7. The molecule has 0 spiro atoms. The molecule has 39 heavy (non-hydrogen) atoms. The molecule has 0 atom stereocenters. The van der Waals surface area contributed by atoms with Crippen molar-refractivity contribution in [2.75, 3.05) is 6.61 Å². The lowest BCUT2D eigenvalue weighted by Gasteiger charge is -2.28. The van der Waals surface area contributed by atoms with Crippen LogP contribution in [0.1, 0.15) is 147 Å². The van der Waals surface area contributed by atoms with E-state index in [1.165, 1.54) is 133 Å². The molecule has 0 unspecified atom stereocenters. The number of rotatable bonds is 20. The monoisotopic (exact) mass is 534 g/mol. The molecule has 0 amide bonds. The van der Waals surface area contributed by atoms with Crippen LogP contribution in [0.3, 0.4) is 0 Å². The molecule has 3 rings (SSSR count). The summed E-state index contributed by atoms with van der Waals surface area (Å²) in [6.07, 6.45) is 31.2. The molecule has 1 aliphatic rings. The second kappa shape index (κ2) is 19.2. The summed E-state index contributed by atoms with van der Waals surface area (Å²) in [6.45, 7) is 7.56. The molecule has 1 fully saturated rings. The first-order chi connectivity index (χ1) is 19.2. The van der Waals surface area contributed by atoms with E-state index in [-0.39, 0.29) is 0 Å². The first kappa shape index (κ1) is 31.6. The van der Waals surface area contributed by atoms with E-state index in [9.17, 15) is 0 Å². The highest BCUT2D eigenvalue weighted by atomic mass is 16.5. The first-order valence-electron chi connectivity index (χ1n) is 16.7. The molecular formula is C36H58N2O. The van der Waals surface area contributed by atoms with Gasteiger partial charge in [0.25, 0.3) is 0 Å². The van der Waals surface area contributed by atoms with Crippen molar-refractivity contribution in [2.24, 2.45) is 11.8 Å². The first-order valence-corrected chi connectivity index (χ1v) is 16.7. The number of aromatic nitrogens is 2. The third-order valence-electron chi connectivity index (χ3n) is 9.00. The summed E-state index contributed by atoms with van der Waals surface area (Å²) >= 11 is 0. The van der Waals surface area contributed by atoms with Gasteiger partial charge in [0.05, 0.1) is 19.0 Å². The molecule has 3 heteroatoms. The van der Waals surface area contributed by atoms with Crippen molar-refractivity contribution in [2.45, 2.75) is 149 Å². The zero-order valence-corrected chi connectivity index (χ0v) is 25.7. The highest BCUT2D eigenvalue weighted by molar-refractivity contribution is 5.57. The fourth-order valence-electron chi connectivity index (χ4n) is 6.29. The minimum atomic E-state index is 0.753. The Morgan fingerprint density at radius 3 is 1.87 bits per heavy atom. The van der Waals surface area contributed by atoms with Crippen LogP contribution in [0.15, 0.2) is 30.6 Å². The number of hydrogen-bond acceptors (Lipinski definition) is 3. The van der Waals surface area contributed by atoms with Gasteiger partial charge in [-0.2, -0.15) is 0 Å². The number of hydrogen-bond donors (Lipinski definition) is 0. The van der Waals surface area contributed by atoms with Crippen LogP contribution >= 0.6 is 0 Å². The molecule has 1 aromatic heterocycles. The predicted molar refractivity (Wildman–Crippen MR) is 167 cm³/mol. The predicted octanol–water partition coefficient (Wildman–Crippen LogP) is 11.1. The third kappa shape index (κ3) is 12.4. The molecule has 0 saturated heterocycles. The SMILES string of the molecule is CCCCCCCCC[C@H]1CC[C@H](CCc2ccc(-c3ncc(OCCCCCCCC)cn3)cc2C)CC1. The second-order valence-electron chi connectivity index (χ2n) is 12.3. The zero-order chi connectivity index (χ0) is 27.5. The molecule has 0 bridgehead atoms. The number of unbranched alkanes of at least 4 members (excludes halogenated alkanes) is 11. The van der Waals surface area contributed by atoms with Gasteiger partial charge < -0.3 is 4.74 Å². The minimum Gasteiger partial charge on any atom is -0.490 e.